The Labute approximate surface area is 156 Å². The van der Waals surface area contributed by atoms with Crippen molar-refractivity contribution in [3.8, 4) is 5.75 Å². The molecule has 0 aliphatic heterocycles. The van der Waals surface area contributed by atoms with Crippen LogP contribution in [0.3, 0.4) is 0 Å². The Hall–Kier alpha value is -2.33. The molecule has 2 aromatic carbocycles. The number of ether oxygens (including phenoxy) is 1. The average Bonchev–Trinajstić information content (AvgIpc) is 3.47. The van der Waals surface area contributed by atoms with Gasteiger partial charge in [-0.2, -0.15) is 0 Å². The van der Waals surface area contributed by atoms with Crippen LogP contribution < -0.4 is 10.1 Å². The van der Waals surface area contributed by atoms with E-state index in [1.165, 1.54) is 18.4 Å². The first-order valence-corrected chi connectivity index (χ1v) is 9.29. The number of anilines is 1. The molecule has 0 radical (unpaired) electrons. The highest BCUT2D eigenvalue weighted by atomic mass is 16.5. The van der Waals surface area contributed by atoms with Gasteiger partial charge < -0.3 is 10.1 Å². The maximum Gasteiger partial charge on any atom is 0.238 e. The van der Waals surface area contributed by atoms with E-state index in [1.807, 2.05) is 43.3 Å². The molecule has 1 aliphatic rings. The summed E-state index contributed by atoms with van der Waals surface area (Å²) >= 11 is 0. The van der Waals surface area contributed by atoms with E-state index < -0.39 is 0 Å². The van der Waals surface area contributed by atoms with E-state index in [9.17, 15) is 4.79 Å². The lowest BCUT2D eigenvalue weighted by Crippen LogP contribution is -2.40. The summed E-state index contributed by atoms with van der Waals surface area (Å²) in [7, 11) is 1.62. The minimum atomic E-state index is -0.00247. The maximum absolute atomic E-state index is 12.7. The first-order valence-electron chi connectivity index (χ1n) is 9.29. The molecule has 0 spiro atoms. The molecule has 0 heterocycles. The molecule has 2 aromatic rings. The number of aryl methyl sites for hydroxylation is 1. The van der Waals surface area contributed by atoms with Crippen LogP contribution in [0.4, 0.5) is 5.69 Å². The molecule has 1 N–H and O–H groups in total. The van der Waals surface area contributed by atoms with Crippen molar-refractivity contribution in [2.45, 2.75) is 39.3 Å². The zero-order chi connectivity index (χ0) is 18.5. The van der Waals surface area contributed by atoms with Crippen LogP contribution >= 0.6 is 0 Å². The van der Waals surface area contributed by atoms with E-state index >= 15 is 0 Å². The molecule has 0 bridgehead atoms. The van der Waals surface area contributed by atoms with Crippen molar-refractivity contribution in [2.24, 2.45) is 5.92 Å². The standard InChI is InChI=1S/C22H28N2O2/c1-16-9-12-21(26-3)20(13-16)23-22(25)15-24(17(2)19-10-11-19)14-18-7-5-4-6-8-18/h4-9,12-13,17,19H,10-11,14-15H2,1-3H3,(H,23,25). The van der Waals surface area contributed by atoms with Crippen LogP contribution in [-0.2, 0) is 11.3 Å². The molecule has 138 valence electrons. The Kier molecular flexibility index (Phi) is 5.94. The Bertz CT molecular complexity index is 741. The van der Waals surface area contributed by atoms with Crippen LogP contribution in [0.25, 0.3) is 0 Å². The van der Waals surface area contributed by atoms with E-state index in [4.69, 9.17) is 4.74 Å². The second kappa shape index (κ2) is 8.37. The van der Waals surface area contributed by atoms with E-state index in [2.05, 4.69) is 29.3 Å². The smallest absolute Gasteiger partial charge is 0.238 e. The average molecular weight is 352 g/mol. The van der Waals surface area contributed by atoms with Crippen LogP contribution in [0.15, 0.2) is 48.5 Å². The third kappa shape index (κ3) is 4.85. The maximum atomic E-state index is 12.7. The van der Waals surface area contributed by atoms with Crippen molar-refractivity contribution in [1.82, 2.24) is 4.90 Å². The van der Waals surface area contributed by atoms with E-state index in [-0.39, 0.29) is 5.91 Å². The normalized spacial score (nSPS) is 14.9. The van der Waals surface area contributed by atoms with E-state index in [0.717, 1.165) is 17.8 Å². The Morgan fingerprint density at radius 3 is 2.62 bits per heavy atom. The highest BCUT2D eigenvalue weighted by molar-refractivity contribution is 5.93. The van der Waals surface area contributed by atoms with Crippen molar-refractivity contribution < 1.29 is 9.53 Å². The Morgan fingerprint density at radius 1 is 1.23 bits per heavy atom. The minimum Gasteiger partial charge on any atom is -0.495 e. The Morgan fingerprint density at radius 2 is 1.96 bits per heavy atom. The molecule has 1 amide bonds. The molecule has 26 heavy (non-hydrogen) atoms. The highest BCUT2D eigenvalue weighted by Crippen LogP contribution is 2.35. The fraction of sp³-hybridized carbons (Fsp3) is 0.409. The molecule has 1 saturated carbocycles. The second-order valence-electron chi connectivity index (χ2n) is 7.22. The molecule has 1 atom stereocenters. The van der Waals surface area contributed by atoms with Gasteiger partial charge in [0, 0.05) is 12.6 Å². The Balaban J connectivity index is 1.69. The fourth-order valence-corrected chi connectivity index (χ4v) is 3.33. The molecular weight excluding hydrogens is 324 g/mol. The SMILES string of the molecule is COc1ccc(C)cc1NC(=O)CN(Cc1ccccc1)C(C)C1CC1. The van der Waals surface area contributed by atoms with Gasteiger partial charge in [0.15, 0.2) is 0 Å². The predicted octanol–water partition coefficient (Wildman–Crippen LogP) is 4.24. The monoisotopic (exact) mass is 352 g/mol. The number of carbonyl (C=O) groups is 1. The summed E-state index contributed by atoms with van der Waals surface area (Å²) in [6.07, 6.45) is 2.53. The quantitative estimate of drug-likeness (QED) is 0.772. The first-order chi connectivity index (χ1) is 12.6. The summed E-state index contributed by atoms with van der Waals surface area (Å²) in [5.41, 5.74) is 3.06. The lowest BCUT2D eigenvalue weighted by atomic mass is 10.1. The number of rotatable bonds is 8. The molecule has 3 rings (SSSR count). The van der Waals surface area contributed by atoms with Gasteiger partial charge in [-0.1, -0.05) is 36.4 Å². The van der Waals surface area contributed by atoms with E-state index in [0.29, 0.717) is 24.3 Å². The van der Waals surface area contributed by atoms with E-state index in [1.54, 1.807) is 7.11 Å². The van der Waals surface area contributed by atoms with Crippen molar-refractivity contribution >= 4 is 11.6 Å². The van der Waals surface area contributed by atoms with Crippen LogP contribution in [0.5, 0.6) is 5.75 Å². The number of benzene rings is 2. The molecular formula is C22H28N2O2. The number of nitrogens with zero attached hydrogens (tertiary/aromatic N) is 1. The molecule has 1 fully saturated rings. The molecule has 4 heteroatoms. The second-order valence-corrected chi connectivity index (χ2v) is 7.22. The zero-order valence-corrected chi connectivity index (χ0v) is 15.9. The van der Waals surface area contributed by atoms with Gasteiger partial charge in [0.1, 0.15) is 5.75 Å². The molecule has 1 aliphatic carbocycles. The molecule has 0 aromatic heterocycles. The number of amides is 1. The fourth-order valence-electron chi connectivity index (χ4n) is 3.33. The van der Waals surface area contributed by atoms with Crippen molar-refractivity contribution in [2.75, 3.05) is 19.0 Å². The van der Waals surface area contributed by atoms with Crippen LogP contribution in [0.1, 0.15) is 30.9 Å². The number of hydrogen-bond donors (Lipinski definition) is 1. The lowest BCUT2D eigenvalue weighted by molar-refractivity contribution is -0.118. The molecule has 0 saturated heterocycles. The van der Waals surface area contributed by atoms with Gasteiger partial charge in [-0.25, -0.2) is 0 Å². The van der Waals surface area contributed by atoms with Gasteiger partial charge in [-0.3, -0.25) is 9.69 Å². The summed E-state index contributed by atoms with van der Waals surface area (Å²) in [4.78, 5) is 15.0. The van der Waals surface area contributed by atoms with Crippen molar-refractivity contribution in [3.63, 3.8) is 0 Å². The first kappa shape index (κ1) is 18.5. The van der Waals surface area contributed by atoms with Gasteiger partial charge in [0.05, 0.1) is 19.3 Å². The lowest BCUT2D eigenvalue weighted by Gasteiger charge is -2.29. The van der Waals surface area contributed by atoms with Gasteiger partial charge in [-0.05, 0) is 55.9 Å². The van der Waals surface area contributed by atoms with Crippen LogP contribution in [0, 0.1) is 12.8 Å². The van der Waals surface area contributed by atoms with Crippen molar-refractivity contribution in [1.29, 1.82) is 0 Å². The van der Waals surface area contributed by atoms with Gasteiger partial charge >= 0.3 is 0 Å². The summed E-state index contributed by atoms with van der Waals surface area (Å²) < 4.78 is 5.37. The number of hydrogen-bond acceptors (Lipinski definition) is 3. The van der Waals surface area contributed by atoms with Gasteiger partial charge in [-0.15, -0.1) is 0 Å². The number of carbonyl (C=O) groups excluding carboxylic acids is 1. The topological polar surface area (TPSA) is 41.6 Å². The van der Waals surface area contributed by atoms with Crippen LogP contribution in [-0.4, -0.2) is 30.5 Å². The number of nitrogens with one attached hydrogen (secondary N) is 1. The summed E-state index contributed by atoms with van der Waals surface area (Å²) in [5.74, 6) is 1.39. The third-order valence-electron chi connectivity index (χ3n) is 5.08. The highest BCUT2D eigenvalue weighted by Gasteiger charge is 2.32. The number of methoxy groups -OCH3 is 1. The zero-order valence-electron chi connectivity index (χ0n) is 15.9. The van der Waals surface area contributed by atoms with Gasteiger partial charge in [0.2, 0.25) is 5.91 Å². The largest absolute Gasteiger partial charge is 0.495 e. The van der Waals surface area contributed by atoms with Crippen molar-refractivity contribution in [3.05, 3.63) is 59.7 Å². The minimum absolute atomic E-state index is 0.00247. The summed E-state index contributed by atoms with van der Waals surface area (Å²) in [5, 5.41) is 3.03. The van der Waals surface area contributed by atoms with Crippen LogP contribution in [0.2, 0.25) is 0 Å². The molecule has 1 unspecified atom stereocenters. The summed E-state index contributed by atoms with van der Waals surface area (Å²) in [6.45, 7) is 5.41. The molecule has 4 nitrogen and oxygen atoms in total. The summed E-state index contributed by atoms with van der Waals surface area (Å²) in [6, 6.07) is 16.6. The van der Waals surface area contributed by atoms with Gasteiger partial charge in [0.25, 0.3) is 0 Å². The predicted molar refractivity (Wildman–Crippen MR) is 105 cm³/mol. The third-order valence-corrected chi connectivity index (χ3v) is 5.08.